The number of nitrogens with two attached hydrogens (primary N) is 2. The molecule has 0 bridgehead atoms. The van der Waals surface area contributed by atoms with Crippen LogP contribution in [0.5, 0.6) is 0 Å². The molecule has 1 atom stereocenters. The Kier molecular flexibility index (Phi) is 9.02. The topological polar surface area (TPSA) is 133 Å². The Balaban J connectivity index is 5.56. The van der Waals surface area contributed by atoms with Gasteiger partial charge in [0.05, 0.1) is 11.4 Å². The van der Waals surface area contributed by atoms with Crippen LogP contribution in [-0.2, 0) is 22.4 Å². The maximum absolute atomic E-state index is 13.9. The van der Waals surface area contributed by atoms with Gasteiger partial charge >= 0.3 is 43.2 Å². The number of hydrogen-bond donors (Lipinski definition) is 6. The smallest absolute Gasteiger partial charge is 0.397 e. The molecule has 1 aromatic rings. The monoisotopic (exact) mass is 718 g/mol. The summed E-state index contributed by atoms with van der Waals surface area (Å²) in [5.41, 5.74) is -46.4. The molecule has 0 aromatic heterocycles. The van der Waals surface area contributed by atoms with Gasteiger partial charge in [0.25, 0.3) is 16.8 Å². The van der Waals surface area contributed by atoms with Crippen molar-refractivity contribution in [2.45, 2.75) is 72.6 Å². The van der Waals surface area contributed by atoms with Crippen molar-refractivity contribution in [3.8, 4) is 0 Å². The second-order valence-corrected chi connectivity index (χ2v) is 9.02. The lowest BCUT2D eigenvalue weighted by atomic mass is 9.68. The highest BCUT2D eigenvalue weighted by atomic mass is 19.4. The first-order valence-corrected chi connectivity index (χ1v) is 10.2. The van der Waals surface area contributed by atoms with Crippen LogP contribution in [0.25, 0.3) is 0 Å². The Hall–Kier alpha value is -2.81. The molecule has 8 N–H and O–H groups in total. The van der Waals surface area contributed by atoms with Crippen molar-refractivity contribution in [2.75, 3.05) is 11.5 Å². The van der Waals surface area contributed by atoms with E-state index in [1.54, 1.807) is 0 Å². The first kappa shape index (κ1) is 40.2. The second-order valence-electron chi connectivity index (χ2n) is 9.02. The molecule has 1 aromatic carbocycles. The number of hydrogen-bond acceptors (Lipinski definition) is 6. The van der Waals surface area contributed by atoms with Gasteiger partial charge in [-0.3, -0.25) is 0 Å². The van der Waals surface area contributed by atoms with Crippen molar-refractivity contribution in [3.05, 3.63) is 22.3 Å². The summed E-state index contributed by atoms with van der Waals surface area (Å²) in [4.78, 5) is 0. The summed E-state index contributed by atoms with van der Waals surface area (Å²) in [6.07, 6.45) is -55.0. The molecule has 0 heterocycles. The van der Waals surface area contributed by atoms with Crippen LogP contribution in [0.4, 0.5) is 104 Å². The zero-order valence-electron chi connectivity index (χ0n) is 20.4. The number of alkyl halides is 21. The first-order valence-electron chi connectivity index (χ1n) is 10.2. The van der Waals surface area contributed by atoms with Crippen LogP contribution in [0, 0.1) is 0 Å². The van der Waals surface area contributed by atoms with Crippen molar-refractivity contribution in [1.82, 2.24) is 0 Å². The number of aliphatic hydroxyl groups is 4. The molecular weight excluding hydrogens is 707 g/mol. The summed E-state index contributed by atoms with van der Waals surface area (Å²) in [6, 6.07) is 0. The lowest BCUT2D eigenvalue weighted by Crippen LogP contribution is -2.62. The molecule has 0 spiro atoms. The zero-order chi connectivity index (χ0) is 37.0. The van der Waals surface area contributed by atoms with Crippen LogP contribution in [0.2, 0.25) is 0 Å². The van der Waals surface area contributed by atoms with Crippen LogP contribution < -0.4 is 11.5 Å². The molecule has 0 radical (unpaired) electrons. The van der Waals surface area contributed by atoms with Crippen molar-refractivity contribution in [1.29, 1.82) is 0 Å². The maximum atomic E-state index is 13.9. The molecule has 0 saturated carbocycles. The molecule has 0 aliphatic carbocycles. The molecule has 0 aliphatic rings. The number of nitrogen functional groups attached to an aromatic ring is 2. The number of benzene rings is 1. The van der Waals surface area contributed by atoms with Crippen molar-refractivity contribution in [3.63, 3.8) is 0 Å². The third-order valence-electron chi connectivity index (χ3n) is 6.16. The Morgan fingerprint density at radius 1 is 0.333 bits per heavy atom. The summed E-state index contributed by atoms with van der Waals surface area (Å²) < 4.78 is 290. The third-order valence-corrected chi connectivity index (χ3v) is 6.16. The quantitative estimate of drug-likeness (QED) is 0.179. The molecule has 0 saturated heterocycles. The molecule has 0 aliphatic heterocycles. The molecule has 0 fully saturated rings. The van der Waals surface area contributed by atoms with Gasteiger partial charge in [-0.05, 0) is 6.92 Å². The van der Waals surface area contributed by atoms with Crippen LogP contribution in [0.1, 0.15) is 29.2 Å². The van der Waals surface area contributed by atoms with Gasteiger partial charge in [-0.25, -0.2) is 0 Å². The Labute approximate surface area is 231 Å². The lowest BCUT2D eigenvalue weighted by molar-refractivity contribution is -0.389. The van der Waals surface area contributed by atoms with E-state index >= 15 is 0 Å². The van der Waals surface area contributed by atoms with Crippen LogP contribution in [-0.4, -0.2) is 63.7 Å². The van der Waals surface area contributed by atoms with E-state index in [9.17, 15) is 113 Å². The van der Waals surface area contributed by atoms with E-state index in [4.69, 9.17) is 0 Å². The highest BCUT2D eigenvalue weighted by Gasteiger charge is 2.81. The fourth-order valence-electron chi connectivity index (χ4n) is 3.86. The molecule has 1 rings (SSSR count). The normalized spacial score (nSPS) is 17.0. The van der Waals surface area contributed by atoms with Gasteiger partial charge in [0.2, 0.25) is 0 Å². The molecule has 45 heavy (non-hydrogen) atoms. The molecule has 6 nitrogen and oxygen atoms in total. The van der Waals surface area contributed by atoms with E-state index in [1.807, 2.05) is 0 Å². The highest BCUT2D eigenvalue weighted by molar-refractivity contribution is 5.80. The average molecular weight is 718 g/mol. The second kappa shape index (κ2) is 10.1. The van der Waals surface area contributed by atoms with Crippen molar-refractivity contribution >= 4 is 11.4 Å². The van der Waals surface area contributed by atoms with Gasteiger partial charge in [-0.2, -0.15) is 92.2 Å². The van der Waals surface area contributed by atoms with Gasteiger partial charge in [0.1, 0.15) is 0 Å². The van der Waals surface area contributed by atoms with Gasteiger partial charge < -0.3 is 31.9 Å². The number of anilines is 2. The number of halogens is 21. The summed E-state index contributed by atoms with van der Waals surface area (Å²) in [5, 5.41) is 39.0. The van der Waals surface area contributed by atoms with E-state index in [0.29, 0.717) is 0 Å². The summed E-state index contributed by atoms with van der Waals surface area (Å²) in [7, 11) is 0. The SMILES string of the molecule is CC(O)(c1c(C(O)(C(F)(F)F)C(F)(F)F)c(N)c(N)c(C(O)(C(F)(F)F)C(F)(F)F)c1C(O)(C(F)(F)F)C(F)(F)F)C(F)(F)F. The summed E-state index contributed by atoms with van der Waals surface area (Å²) >= 11 is 0. The standard InChI is InChI=1S/C18H11F21N2O4/c1-8(42,12(19,20)21)2-3(9(43,13(22,23)24)14(25,26)27)5(11(45,17(34,35)36)18(37,38)39)7(41)6(40)4(2)10(44,15(28,29)30)16(31,32)33/h42-45H,40-41H2,1H3. The molecule has 264 valence electrons. The maximum Gasteiger partial charge on any atom is 0.430 e. The Morgan fingerprint density at radius 2 is 0.511 bits per heavy atom. The molecular formula is C18H11F21N2O4. The molecule has 27 heteroatoms. The summed E-state index contributed by atoms with van der Waals surface area (Å²) in [5.74, 6) is 0. The van der Waals surface area contributed by atoms with E-state index in [0.717, 1.165) is 0 Å². The lowest BCUT2D eigenvalue weighted by Gasteiger charge is -2.46. The molecule has 1 unspecified atom stereocenters. The van der Waals surface area contributed by atoms with E-state index < -0.39 is 106 Å². The third kappa shape index (κ3) is 5.40. The van der Waals surface area contributed by atoms with Gasteiger partial charge in [-0.15, -0.1) is 0 Å². The minimum Gasteiger partial charge on any atom is -0.397 e. The van der Waals surface area contributed by atoms with Gasteiger partial charge in [0.15, 0.2) is 5.60 Å². The Bertz CT molecular complexity index is 1250. The van der Waals surface area contributed by atoms with Crippen LogP contribution >= 0.6 is 0 Å². The first-order chi connectivity index (χ1) is 19.1. The highest BCUT2D eigenvalue weighted by Crippen LogP contribution is 2.65. The fraction of sp³-hybridized carbons (Fsp3) is 0.667. The van der Waals surface area contributed by atoms with Crippen LogP contribution in [0.15, 0.2) is 0 Å². The minimum atomic E-state index is -8.14. The van der Waals surface area contributed by atoms with E-state index in [-0.39, 0.29) is 0 Å². The molecule has 0 amide bonds. The predicted octanol–water partition coefficient (Wildman–Crippen LogP) is 5.56. The zero-order valence-corrected chi connectivity index (χ0v) is 20.4. The fourth-order valence-corrected chi connectivity index (χ4v) is 3.86. The van der Waals surface area contributed by atoms with Gasteiger partial charge in [-0.1, -0.05) is 0 Å². The Morgan fingerprint density at radius 3 is 0.689 bits per heavy atom. The van der Waals surface area contributed by atoms with E-state index in [2.05, 4.69) is 11.5 Å². The minimum absolute atomic E-state index is 1.42. The summed E-state index contributed by atoms with van der Waals surface area (Å²) in [6.45, 7) is -1.42. The van der Waals surface area contributed by atoms with Crippen LogP contribution in [0.3, 0.4) is 0 Å². The van der Waals surface area contributed by atoms with Crippen molar-refractivity contribution < 1.29 is 113 Å². The predicted molar refractivity (Wildman–Crippen MR) is 98.9 cm³/mol. The van der Waals surface area contributed by atoms with Crippen molar-refractivity contribution in [2.24, 2.45) is 0 Å². The van der Waals surface area contributed by atoms with Gasteiger partial charge in [0, 0.05) is 22.3 Å². The van der Waals surface area contributed by atoms with E-state index in [1.165, 1.54) is 0 Å². The largest absolute Gasteiger partial charge is 0.430 e. The average Bonchev–Trinajstić information content (AvgIpc) is 2.73. The number of rotatable bonds is 4.